The van der Waals surface area contributed by atoms with Crippen LogP contribution in [0.5, 0.6) is 0 Å². The van der Waals surface area contributed by atoms with E-state index in [-0.39, 0.29) is 24.9 Å². The molecular weight excluding hydrogens is 570 g/mol. The van der Waals surface area contributed by atoms with Crippen LogP contribution in [0.2, 0.25) is 5.02 Å². The Bertz CT molecular complexity index is 1440. The zero-order valence-electron chi connectivity index (χ0n) is 24.3. The third-order valence-electron chi connectivity index (χ3n) is 7.83. The quantitative estimate of drug-likeness (QED) is 0.283. The highest BCUT2D eigenvalue weighted by atomic mass is 35.5. The number of nitrogens with zero attached hydrogens (tertiary/aromatic N) is 2. The van der Waals surface area contributed by atoms with Crippen LogP contribution >= 0.6 is 11.6 Å². The Balaban J connectivity index is 1.72. The van der Waals surface area contributed by atoms with Crippen LogP contribution in [0.4, 0.5) is 5.69 Å². The van der Waals surface area contributed by atoms with Crippen LogP contribution in [0.15, 0.2) is 78.9 Å². The van der Waals surface area contributed by atoms with E-state index < -0.39 is 28.5 Å². The first-order valence-electron chi connectivity index (χ1n) is 14.6. The van der Waals surface area contributed by atoms with Gasteiger partial charge in [0.25, 0.3) is 0 Å². The standard InChI is InChI=1S/C33H40ClN3O4S/c1-3-25-18-20-29(21-19-25)37(42(2,40)41)24-32(38)36(23-27-14-10-11-17-30(27)34)31(22-26-12-6-4-7-13-26)33(39)35-28-15-8-5-9-16-28/h4,6-7,10-14,17-21,28,31H,3,5,8-9,15-16,22-24H2,1-2H3,(H,35,39)/t31-/m1/s1. The van der Waals surface area contributed by atoms with Gasteiger partial charge in [0.1, 0.15) is 12.6 Å². The number of anilines is 1. The van der Waals surface area contributed by atoms with Gasteiger partial charge >= 0.3 is 0 Å². The summed E-state index contributed by atoms with van der Waals surface area (Å²) >= 11 is 6.53. The number of aryl methyl sites for hydroxylation is 1. The van der Waals surface area contributed by atoms with Gasteiger partial charge < -0.3 is 10.2 Å². The highest BCUT2D eigenvalue weighted by molar-refractivity contribution is 7.92. The number of carbonyl (C=O) groups is 2. The molecule has 1 aliphatic carbocycles. The van der Waals surface area contributed by atoms with Gasteiger partial charge in [-0.25, -0.2) is 8.42 Å². The molecule has 3 aromatic rings. The molecule has 1 fully saturated rings. The molecule has 1 aliphatic rings. The minimum atomic E-state index is -3.82. The maximum absolute atomic E-state index is 14.2. The lowest BCUT2D eigenvalue weighted by molar-refractivity contribution is -0.140. The van der Waals surface area contributed by atoms with E-state index in [0.717, 1.165) is 60.2 Å². The predicted molar refractivity (Wildman–Crippen MR) is 169 cm³/mol. The van der Waals surface area contributed by atoms with Crippen LogP contribution in [0, 0.1) is 0 Å². The molecule has 42 heavy (non-hydrogen) atoms. The van der Waals surface area contributed by atoms with Crippen molar-refractivity contribution in [3.8, 4) is 0 Å². The Morgan fingerprint density at radius 1 is 0.905 bits per heavy atom. The number of sulfonamides is 1. The molecule has 3 aromatic carbocycles. The van der Waals surface area contributed by atoms with Crippen molar-refractivity contribution in [3.05, 3.63) is 101 Å². The fraction of sp³-hybridized carbons (Fsp3) is 0.394. The number of hydrogen-bond donors (Lipinski definition) is 1. The summed E-state index contributed by atoms with van der Waals surface area (Å²) in [7, 11) is -3.82. The van der Waals surface area contributed by atoms with Crippen molar-refractivity contribution < 1.29 is 18.0 Å². The third-order valence-corrected chi connectivity index (χ3v) is 9.34. The number of nitrogens with one attached hydrogen (secondary N) is 1. The average Bonchev–Trinajstić information content (AvgIpc) is 2.99. The summed E-state index contributed by atoms with van der Waals surface area (Å²) < 4.78 is 27.0. The van der Waals surface area contributed by atoms with Gasteiger partial charge in [-0.05, 0) is 54.2 Å². The lowest BCUT2D eigenvalue weighted by Gasteiger charge is -2.35. The molecule has 1 N–H and O–H groups in total. The van der Waals surface area contributed by atoms with E-state index >= 15 is 0 Å². The average molecular weight is 610 g/mol. The van der Waals surface area contributed by atoms with E-state index in [9.17, 15) is 18.0 Å². The van der Waals surface area contributed by atoms with Crippen LogP contribution < -0.4 is 9.62 Å². The first-order chi connectivity index (χ1) is 20.2. The summed E-state index contributed by atoms with van der Waals surface area (Å²) in [6, 6.07) is 23.1. The van der Waals surface area contributed by atoms with Crippen molar-refractivity contribution >= 4 is 39.1 Å². The third kappa shape index (κ3) is 8.58. The Kier molecular flexibility index (Phi) is 11.0. The lowest BCUT2D eigenvalue weighted by atomic mass is 9.94. The largest absolute Gasteiger partial charge is 0.352 e. The monoisotopic (exact) mass is 609 g/mol. The van der Waals surface area contributed by atoms with E-state index in [1.54, 1.807) is 24.3 Å². The fourth-order valence-electron chi connectivity index (χ4n) is 5.42. The van der Waals surface area contributed by atoms with Crippen molar-refractivity contribution in [2.24, 2.45) is 0 Å². The molecule has 1 saturated carbocycles. The molecule has 7 nitrogen and oxygen atoms in total. The molecular formula is C33H40ClN3O4S. The van der Waals surface area contributed by atoms with Gasteiger partial charge in [-0.3, -0.25) is 13.9 Å². The molecule has 1 atom stereocenters. The second kappa shape index (κ2) is 14.7. The molecule has 0 heterocycles. The van der Waals surface area contributed by atoms with Crippen molar-refractivity contribution in [2.75, 3.05) is 17.1 Å². The van der Waals surface area contributed by atoms with E-state index in [4.69, 9.17) is 11.6 Å². The van der Waals surface area contributed by atoms with E-state index in [2.05, 4.69) is 5.32 Å². The van der Waals surface area contributed by atoms with Crippen LogP contribution in [0.1, 0.15) is 55.7 Å². The van der Waals surface area contributed by atoms with Crippen LogP contribution in [0.25, 0.3) is 0 Å². The highest BCUT2D eigenvalue weighted by Crippen LogP contribution is 2.24. The second-order valence-corrected chi connectivity index (χ2v) is 13.3. The Hall–Kier alpha value is -3.36. The van der Waals surface area contributed by atoms with Crippen molar-refractivity contribution in [3.63, 3.8) is 0 Å². The number of amides is 2. The predicted octanol–water partition coefficient (Wildman–Crippen LogP) is 5.76. The van der Waals surface area contributed by atoms with Gasteiger partial charge in [-0.2, -0.15) is 0 Å². The summed E-state index contributed by atoms with van der Waals surface area (Å²) in [5.74, 6) is -0.732. The number of carbonyl (C=O) groups excluding carboxylic acids is 2. The smallest absolute Gasteiger partial charge is 0.244 e. The summed E-state index contributed by atoms with van der Waals surface area (Å²) in [6.07, 6.45) is 7.23. The van der Waals surface area contributed by atoms with Crippen LogP contribution in [0.3, 0.4) is 0 Å². The zero-order chi connectivity index (χ0) is 30.1. The van der Waals surface area contributed by atoms with Crippen LogP contribution in [-0.2, 0) is 39.0 Å². The topological polar surface area (TPSA) is 86.8 Å². The van der Waals surface area contributed by atoms with Gasteiger partial charge in [-0.15, -0.1) is 0 Å². The van der Waals surface area contributed by atoms with Crippen LogP contribution in [-0.4, -0.2) is 50.0 Å². The zero-order valence-corrected chi connectivity index (χ0v) is 25.9. The van der Waals surface area contributed by atoms with E-state index in [1.807, 2.05) is 61.5 Å². The van der Waals surface area contributed by atoms with Gasteiger partial charge in [-0.1, -0.05) is 98.5 Å². The summed E-state index contributed by atoms with van der Waals surface area (Å²) in [6.45, 7) is 1.63. The van der Waals surface area contributed by atoms with Gasteiger partial charge in [0.15, 0.2) is 0 Å². The first kappa shape index (κ1) is 31.6. The van der Waals surface area contributed by atoms with Crippen molar-refractivity contribution in [1.29, 1.82) is 0 Å². The molecule has 0 unspecified atom stereocenters. The second-order valence-electron chi connectivity index (χ2n) is 11.0. The molecule has 9 heteroatoms. The van der Waals surface area contributed by atoms with Gasteiger partial charge in [0, 0.05) is 24.0 Å². The Morgan fingerprint density at radius 2 is 1.55 bits per heavy atom. The maximum Gasteiger partial charge on any atom is 0.244 e. The number of benzene rings is 3. The van der Waals surface area contributed by atoms with Gasteiger partial charge in [0.2, 0.25) is 21.8 Å². The maximum atomic E-state index is 14.2. The summed E-state index contributed by atoms with van der Waals surface area (Å²) in [5.41, 5.74) is 3.02. The molecule has 224 valence electrons. The molecule has 0 aromatic heterocycles. The van der Waals surface area contributed by atoms with Gasteiger partial charge in [0.05, 0.1) is 11.9 Å². The Morgan fingerprint density at radius 3 is 2.17 bits per heavy atom. The van der Waals surface area contributed by atoms with E-state index in [0.29, 0.717) is 16.3 Å². The Labute approximate surface area is 254 Å². The summed E-state index contributed by atoms with van der Waals surface area (Å²) in [4.78, 5) is 29.7. The van der Waals surface area contributed by atoms with Crippen molar-refractivity contribution in [1.82, 2.24) is 10.2 Å². The number of hydrogen-bond acceptors (Lipinski definition) is 4. The normalized spacial score (nSPS) is 14.6. The molecule has 0 bridgehead atoms. The highest BCUT2D eigenvalue weighted by Gasteiger charge is 2.34. The fourth-order valence-corrected chi connectivity index (χ4v) is 6.47. The summed E-state index contributed by atoms with van der Waals surface area (Å²) in [5, 5.41) is 3.67. The molecule has 0 radical (unpaired) electrons. The van der Waals surface area contributed by atoms with Crippen molar-refractivity contribution in [2.45, 2.75) is 70.5 Å². The van der Waals surface area contributed by atoms with E-state index in [1.165, 1.54) is 4.90 Å². The minimum Gasteiger partial charge on any atom is -0.352 e. The number of rotatable bonds is 12. The molecule has 2 amide bonds. The lowest BCUT2D eigenvalue weighted by Crippen LogP contribution is -2.55. The molecule has 0 aliphatic heterocycles. The molecule has 0 saturated heterocycles. The minimum absolute atomic E-state index is 0.0476. The molecule has 4 rings (SSSR count). The number of halogens is 1. The SMILES string of the molecule is CCc1ccc(N(CC(=O)N(Cc2ccccc2Cl)[C@H](Cc2ccccc2)C(=O)NC2CCCCC2)S(C)(=O)=O)cc1. The first-order valence-corrected chi connectivity index (χ1v) is 16.8. The molecule has 0 spiro atoms.